The highest BCUT2D eigenvalue weighted by Gasteiger charge is 2.26. The molecule has 150 valence electrons. The molecular weight excluding hydrogens is 392 g/mol. The fourth-order valence-corrected chi connectivity index (χ4v) is 4.62. The Morgan fingerprint density at radius 2 is 2.03 bits per heavy atom. The van der Waals surface area contributed by atoms with Gasteiger partial charge in [-0.2, -0.15) is 0 Å². The molecule has 0 atom stereocenters. The predicted octanol–water partition coefficient (Wildman–Crippen LogP) is 5.26. The lowest BCUT2D eigenvalue weighted by Gasteiger charge is -2.12. The third-order valence-electron chi connectivity index (χ3n) is 5.49. The second-order valence-corrected chi connectivity index (χ2v) is 8.49. The van der Waals surface area contributed by atoms with Crippen LogP contribution < -0.4 is 5.32 Å². The number of H-pyrrole nitrogens is 1. The van der Waals surface area contributed by atoms with Crippen LogP contribution in [0.15, 0.2) is 60.4 Å². The summed E-state index contributed by atoms with van der Waals surface area (Å²) in [5.74, 6) is 1.06. The molecule has 0 fully saturated rings. The van der Waals surface area contributed by atoms with Crippen molar-refractivity contribution in [2.75, 3.05) is 5.32 Å². The maximum Gasteiger partial charge on any atom is 0.165 e. The van der Waals surface area contributed by atoms with Gasteiger partial charge in [0.05, 0.1) is 17.7 Å². The molecule has 0 amide bonds. The van der Waals surface area contributed by atoms with E-state index in [1.807, 2.05) is 42.2 Å². The largest absolute Gasteiger partial charge is 0.365 e. The van der Waals surface area contributed by atoms with Gasteiger partial charge in [-0.25, -0.2) is 4.98 Å². The van der Waals surface area contributed by atoms with E-state index < -0.39 is 0 Å². The summed E-state index contributed by atoms with van der Waals surface area (Å²) in [4.78, 5) is 26.1. The summed E-state index contributed by atoms with van der Waals surface area (Å²) in [6, 6.07) is 14.4. The summed E-state index contributed by atoms with van der Waals surface area (Å²) in [6.45, 7) is 0.692. The molecule has 2 N–H and O–H groups in total. The van der Waals surface area contributed by atoms with Gasteiger partial charge in [0.15, 0.2) is 5.78 Å². The van der Waals surface area contributed by atoms with E-state index >= 15 is 0 Å². The number of carbonyl (C=O) groups excluding carboxylic acids is 1. The Labute approximate surface area is 179 Å². The highest BCUT2D eigenvalue weighted by atomic mass is 32.1. The van der Waals surface area contributed by atoms with Crippen LogP contribution >= 0.6 is 11.3 Å². The molecule has 6 heteroatoms. The number of ketones is 1. The van der Waals surface area contributed by atoms with Crippen molar-refractivity contribution < 1.29 is 4.79 Å². The smallest absolute Gasteiger partial charge is 0.165 e. The Hall–Kier alpha value is -3.25. The molecule has 3 heterocycles. The van der Waals surface area contributed by atoms with Crippen LogP contribution in [-0.4, -0.2) is 20.7 Å². The maximum absolute atomic E-state index is 12.8. The van der Waals surface area contributed by atoms with Crippen molar-refractivity contribution in [3.05, 3.63) is 87.6 Å². The van der Waals surface area contributed by atoms with Crippen LogP contribution in [0.2, 0.25) is 0 Å². The third kappa shape index (κ3) is 3.78. The summed E-state index contributed by atoms with van der Waals surface area (Å²) >= 11 is 1.62. The van der Waals surface area contributed by atoms with Gasteiger partial charge in [0.25, 0.3) is 0 Å². The standard InChI is InChI=1S/C24H22N4OS/c29-21-8-4-7-20-23(21)19(11-16-5-2-1-3-6-16)24(28-20)17-9-10-26-22(12-17)27-14-18-13-25-15-30-18/h1-3,5-6,9-10,12-13,15,28H,4,7-8,11,14H2,(H,26,27). The van der Waals surface area contributed by atoms with E-state index in [1.165, 1.54) is 5.56 Å². The van der Waals surface area contributed by atoms with Crippen molar-refractivity contribution in [1.82, 2.24) is 15.0 Å². The number of aromatic nitrogens is 3. The monoisotopic (exact) mass is 414 g/mol. The van der Waals surface area contributed by atoms with Crippen molar-refractivity contribution >= 4 is 22.9 Å². The SMILES string of the molecule is O=C1CCCc2[nH]c(-c3ccnc(NCc4cncs4)c3)c(Cc3ccccc3)c21. The number of rotatable bonds is 6. The molecule has 1 aliphatic carbocycles. The molecule has 0 spiro atoms. The van der Waals surface area contributed by atoms with Crippen molar-refractivity contribution in [2.24, 2.45) is 0 Å². The molecule has 1 aromatic carbocycles. The van der Waals surface area contributed by atoms with E-state index in [1.54, 1.807) is 11.3 Å². The molecule has 5 rings (SSSR count). The first-order valence-electron chi connectivity index (χ1n) is 10.2. The second kappa shape index (κ2) is 8.24. The lowest BCUT2D eigenvalue weighted by Crippen LogP contribution is -2.11. The first-order chi connectivity index (χ1) is 14.8. The van der Waals surface area contributed by atoms with E-state index in [2.05, 4.69) is 38.5 Å². The van der Waals surface area contributed by atoms with Crippen LogP contribution in [0, 0.1) is 0 Å². The van der Waals surface area contributed by atoms with Gasteiger partial charge >= 0.3 is 0 Å². The Kier molecular flexibility index (Phi) is 5.15. The molecule has 0 bridgehead atoms. The average Bonchev–Trinajstić information content (AvgIpc) is 3.42. The number of fused-ring (bicyclic) bond motifs is 1. The summed E-state index contributed by atoms with van der Waals surface area (Å²) < 4.78 is 0. The zero-order valence-corrected chi connectivity index (χ0v) is 17.3. The Balaban J connectivity index is 1.52. The van der Waals surface area contributed by atoms with Gasteiger partial charge in [-0.1, -0.05) is 30.3 Å². The number of nitrogens with zero attached hydrogens (tertiary/aromatic N) is 2. The highest BCUT2D eigenvalue weighted by molar-refractivity contribution is 7.09. The van der Waals surface area contributed by atoms with E-state index in [-0.39, 0.29) is 5.78 Å². The number of benzene rings is 1. The maximum atomic E-state index is 12.8. The topological polar surface area (TPSA) is 70.7 Å². The summed E-state index contributed by atoms with van der Waals surface area (Å²) in [6.07, 6.45) is 6.88. The number of anilines is 1. The Morgan fingerprint density at radius 3 is 2.87 bits per heavy atom. The number of nitrogens with one attached hydrogen (secondary N) is 2. The van der Waals surface area contributed by atoms with Crippen molar-refractivity contribution in [2.45, 2.75) is 32.2 Å². The molecule has 4 aromatic rings. The zero-order valence-electron chi connectivity index (χ0n) is 16.5. The summed E-state index contributed by atoms with van der Waals surface area (Å²) in [7, 11) is 0. The summed E-state index contributed by atoms with van der Waals surface area (Å²) in [5.41, 5.74) is 8.18. The molecule has 0 radical (unpaired) electrons. The van der Waals surface area contributed by atoms with Gasteiger partial charge in [0, 0.05) is 46.9 Å². The molecule has 0 aliphatic heterocycles. The predicted molar refractivity (Wildman–Crippen MR) is 120 cm³/mol. The average molecular weight is 415 g/mol. The number of carbonyl (C=O) groups is 1. The minimum atomic E-state index is 0.252. The van der Waals surface area contributed by atoms with Crippen LogP contribution in [0.4, 0.5) is 5.82 Å². The number of aryl methyl sites for hydroxylation is 1. The summed E-state index contributed by atoms with van der Waals surface area (Å²) in [5, 5.41) is 3.38. The van der Waals surface area contributed by atoms with Crippen LogP contribution in [0.25, 0.3) is 11.3 Å². The first kappa shape index (κ1) is 18.8. The van der Waals surface area contributed by atoms with Crippen LogP contribution in [-0.2, 0) is 19.4 Å². The van der Waals surface area contributed by atoms with Crippen molar-refractivity contribution in [3.8, 4) is 11.3 Å². The zero-order chi connectivity index (χ0) is 20.3. The number of thiazole rings is 1. The number of aromatic amines is 1. The van der Waals surface area contributed by atoms with E-state index in [4.69, 9.17) is 0 Å². The Morgan fingerprint density at radius 1 is 1.13 bits per heavy atom. The van der Waals surface area contributed by atoms with Gasteiger partial charge in [-0.15, -0.1) is 11.3 Å². The van der Waals surface area contributed by atoms with Gasteiger partial charge < -0.3 is 10.3 Å². The molecule has 30 heavy (non-hydrogen) atoms. The van der Waals surface area contributed by atoms with Gasteiger partial charge in [0.2, 0.25) is 0 Å². The molecule has 0 unspecified atom stereocenters. The third-order valence-corrected chi connectivity index (χ3v) is 6.27. The van der Waals surface area contributed by atoms with Gasteiger partial charge in [0.1, 0.15) is 5.82 Å². The lowest BCUT2D eigenvalue weighted by atomic mass is 9.90. The molecule has 5 nitrogen and oxygen atoms in total. The minimum Gasteiger partial charge on any atom is -0.365 e. The van der Waals surface area contributed by atoms with Crippen LogP contribution in [0.1, 0.15) is 44.9 Å². The Bertz CT molecular complexity index is 1170. The molecule has 0 saturated heterocycles. The van der Waals surface area contributed by atoms with Crippen molar-refractivity contribution in [1.29, 1.82) is 0 Å². The highest BCUT2D eigenvalue weighted by Crippen LogP contribution is 2.35. The van der Waals surface area contributed by atoms with Gasteiger partial charge in [-0.05, 0) is 36.1 Å². The fourth-order valence-electron chi connectivity index (χ4n) is 4.08. The molecule has 0 saturated carbocycles. The number of hydrogen-bond acceptors (Lipinski definition) is 5. The minimum absolute atomic E-state index is 0.252. The number of pyridine rings is 1. The van der Waals surface area contributed by atoms with Crippen molar-refractivity contribution in [3.63, 3.8) is 0 Å². The molecular formula is C24H22N4OS. The quantitative estimate of drug-likeness (QED) is 0.452. The molecule has 1 aliphatic rings. The van der Waals surface area contributed by atoms with E-state index in [9.17, 15) is 4.79 Å². The van der Waals surface area contributed by atoms with Gasteiger partial charge in [-0.3, -0.25) is 9.78 Å². The first-order valence-corrected chi connectivity index (χ1v) is 11.0. The number of hydrogen-bond donors (Lipinski definition) is 2. The van der Waals surface area contributed by atoms with E-state index in [0.29, 0.717) is 13.0 Å². The lowest BCUT2D eigenvalue weighted by molar-refractivity contribution is 0.0971. The second-order valence-electron chi connectivity index (χ2n) is 7.52. The molecule has 3 aromatic heterocycles. The number of Topliss-reactive ketones (excluding diaryl/α,β-unsaturated/α-hetero) is 1. The van der Waals surface area contributed by atoms with Crippen LogP contribution in [0.3, 0.4) is 0 Å². The normalized spacial score (nSPS) is 13.3. The fraction of sp³-hybridized carbons (Fsp3) is 0.208. The van der Waals surface area contributed by atoms with E-state index in [0.717, 1.165) is 58.0 Å². The van der Waals surface area contributed by atoms with Crippen LogP contribution in [0.5, 0.6) is 0 Å².